The average Bonchev–Trinajstić information content (AvgIpc) is 2.46. The van der Waals surface area contributed by atoms with Gasteiger partial charge in [0, 0.05) is 6.54 Å². The number of carbonyl (C=O) groups is 1. The van der Waals surface area contributed by atoms with E-state index in [0.29, 0.717) is 25.3 Å². The quantitative estimate of drug-likeness (QED) is 0.304. The van der Waals surface area contributed by atoms with Crippen LogP contribution in [0.15, 0.2) is 30.9 Å². The second-order valence-electron chi connectivity index (χ2n) is 4.61. The smallest absolute Gasteiger partial charge is 0.237 e. The van der Waals surface area contributed by atoms with E-state index in [1.807, 2.05) is 0 Å². The second kappa shape index (κ2) is 8.99. The van der Waals surface area contributed by atoms with Crippen LogP contribution in [0.25, 0.3) is 0 Å². The molecule has 1 atom stereocenters. The molecule has 0 aliphatic carbocycles. The third-order valence-corrected chi connectivity index (χ3v) is 2.84. The SMILES string of the molecule is C=CCCOCCNC(=O)[C@@H](N)Cc1ccc(O)c(O)c1. The molecule has 0 aliphatic rings. The van der Waals surface area contributed by atoms with Crippen molar-refractivity contribution in [2.75, 3.05) is 19.8 Å². The molecular formula is C15H22N2O4. The van der Waals surface area contributed by atoms with Crippen molar-refractivity contribution >= 4 is 5.91 Å². The van der Waals surface area contributed by atoms with Gasteiger partial charge < -0.3 is 26.0 Å². The maximum atomic E-state index is 11.8. The Bertz CT molecular complexity index is 477. The Balaban J connectivity index is 2.30. The monoisotopic (exact) mass is 294 g/mol. The third-order valence-electron chi connectivity index (χ3n) is 2.84. The molecular weight excluding hydrogens is 272 g/mol. The maximum absolute atomic E-state index is 11.8. The number of rotatable bonds is 9. The highest BCUT2D eigenvalue weighted by molar-refractivity contribution is 5.81. The molecule has 5 N–H and O–H groups in total. The van der Waals surface area contributed by atoms with Gasteiger partial charge in [0.25, 0.3) is 0 Å². The molecule has 6 nitrogen and oxygen atoms in total. The molecule has 0 aromatic heterocycles. The summed E-state index contributed by atoms with van der Waals surface area (Å²) >= 11 is 0. The van der Waals surface area contributed by atoms with Crippen molar-refractivity contribution in [2.24, 2.45) is 5.73 Å². The van der Waals surface area contributed by atoms with Crippen LogP contribution in [0.3, 0.4) is 0 Å². The number of hydrogen-bond donors (Lipinski definition) is 4. The van der Waals surface area contributed by atoms with Crippen molar-refractivity contribution in [3.63, 3.8) is 0 Å². The molecule has 0 spiro atoms. The molecule has 0 unspecified atom stereocenters. The normalized spacial score (nSPS) is 11.9. The highest BCUT2D eigenvalue weighted by Crippen LogP contribution is 2.25. The summed E-state index contributed by atoms with van der Waals surface area (Å²) in [5.41, 5.74) is 6.47. The van der Waals surface area contributed by atoms with E-state index >= 15 is 0 Å². The molecule has 0 bridgehead atoms. The van der Waals surface area contributed by atoms with E-state index < -0.39 is 6.04 Å². The van der Waals surface area contributed by atoms with Crippen LogP contribution in [0.2, 0.25) is 0 Å². The van der Waals surface area contributed by atoms with Gasteiger partial charge in [0.15, 0.2) is 11.5 Å². The zero-order valence-electron chi connectivity index (χ0n) is 11.9. The molecule has 1 amide bonds. The summed E-state index contributed by atoms with van der Waals surface area (Å²) < 4.78 is 5.26. The van der Waals surface area contributed by atoms with Crippen molar-refractivity contribution in [1.29, 1.82) is 0 Å². The van der Waals surface area contributed by atoms with Gasteiger partial charge in [0.1, 0.15) is 0 Å². The summed E-state index contributed by atoms with van der Waals surface area (Å²) in [7, 11) is 0. The van der Waals surface area contributed by atoms with E-state index in [2.05, 4.69) is 11.9 Å². The van der Waals surface area contributed by atoms with E-state index in [0.717, 1.165) is 6.42 Å². The predicted octanol–water partition coefficient (Wildman–Crippen LogP) is 0.677. The first-order valence-electron chi connectivity index (χ1n) is 6.77. The number of nitrogens with one attached hydrogen (secondary N) is 1. The van der Waals surface area contributed by atoms with Crippen LogP contribution >= 0.6 is 0 Å². The number of amides is 1. The molecule has 116 valence electrons. The van der Waals surface area contributed by atoms with Crippen molar-refractivity contribution < 1.29 is 19.7 Å². The molecule has 0 aliphatic heterocycles. The Morgan fingerprint density at radius 3 is 2.81 bits per heavy atom. The first-order valence-corrected chi connectivity index (χ1v) is 6.77. The lowest BCUT2D eigenvalue weighted by atomic mass is 10.1. The largest absolute Gasteiger partial charge is 0.504 e. The number of phenols is 2. The maximum Gasteiger partial charge on any atom is 0.237 e. The van der Waals surface area contributed by atoms with Gasteiger partial charge >= 0.3 is 0 Å². The fourth-order valence-electron chi connectivity index (χ4n) is 1.69. The Labute approximate surface area is 124 Å². The number of phenolic OH excluding ortho intramolecular Hbond substituents is 2. The van der Waals surface area contributed by atoms with Gasteiger partial charge in [-0.25, -0.2) is 0 Å². The minimum absolute atomic E-state index is 0.201. The van der Waals surface area contributed by atoms with Gasteiger partial charge in [-0.3, -0.25) is 4.79 Å². The lowest BCUT2D eigenvalue weighted by Gasteiger charge is -2.13. The number of ether oxygens (including phenoxy) is 1. The molecule has 1 aromatic carbocycles. The minimum atomic E-state index is -0.720. The van der Waals surface area contributed by atoms with Gasteiger partial charge in [-0.15, -0.1) is 6.58 Å². The van der Waals surface area contributed by atoms with Gasteiger partial charge in [-0.1, -0.05) is 12.1 Å². The second-order valence-corrected chi connectivity index (χ2v) is 4.61. The van der Waals surface area contributed by atoms with E-state index in [9.17, 15) is 15.0 Å². The van der Waals surface area contributed by atoms with Crippen LogP contribution in [0.4, 0.5) is 0 Å². The van der Waals surface area contributed by atoms with Crippen molar-refractivity contribution in [1.82, 2.24) is 5.32 Å². The van der Waals surface area contributed by atoms with Crippen LogP contribution < -0.4 is 11.1 Å². The number of hydrogen-bond acceptors (Lipinski definition) is 5. The summed E-state index contributed by atoms with van der Waals surface area (Å²) in [4.78, 5) is 11.8. The zero-order chi connectivity index (χ0) is 15.7. The molecule has 1 rings (SSSR count). The fraction of sp³-hybridized carbons (Fsp3) is 0.400. The van der Waals surface area contributed by atoms with E-state index in [1.54, 1.807) is 12.1 Å². The Morgan fingerprint density at radius 1 is 1.38 bits per heavy atom. The lowest BCUT2D eigenvalue weighted by molar-refractivity contribution is -0.122. The first kappa shape index (κ1) is 17.0. The van der Waals surface area contributed by atoms with Gasteiger partial charge in [-0.2, -0.15) is 0 Å². The van der Waals surface area contributed by atoms with Crippen LogP contribution in [0.1, 0.15) is 12.0 Å². The molecule has 1 aromatic rings. The minimum Gasteiger partial charge on any atom is -0.504 e. The number of aromatic hydroxyl groups is 2. The molecule has 0 fully saturated rings. The highest BCUT2D eigenvalue weighted by Gasteiger charge is 2.14. The fourth-order valence-corrected chi connectivity index (χ4v) is 1.69. The first-order chi connectivity index (χ1) is 10.0. The molecule has 0 heterocycles. The van der Waals surface area contributed by atoms with Crippen LogP contribution in [0.5, 0.6) is 11.5 Å². The topological polar surface area (TPSA) is 105 Å². The van der Waals surface area contributed by atoms with Crippen molar-refractivity contribution in [3.05, 3.63) is 36.4 Å². The van der Waals surface area contributed by atoms with Crippen LogP contribution in [-0.4, -0.2) is 41.9 Å². The summed E-state index contributed by atoms with van der Waals surface area (Å²) in [5.74, 6) is -0.709. The van der Waals surface area contributed by atoms with E-state index in [1.165, 1.54) is 12.1 Å². The number of nitrogens with two attached hydrogens (primary N) is 1. The van der Waals surface area contributed by atoms with Crippen molar-refractivity contribution in [2.45, 2.75) is 18.9 Å². The van der Waals surface area contributed by atoms with Gasteiger partial charge in [0.05, 0.1) is 19.3 Å². The number of carbonyl (C=O) groups excluding carboxylic acids is 1. The van der Waals surface area contributed by atoms with E-state index in [-0.39, 0.29) is 23.8 Å². The number of benzene rings is 1. The molecule has 6 heteroatoms. The summed E-state index contributed by atoms with van der Waals surface area (Å²) in [6, 6.07) is 3.65. The molecule has 0 radical (unpaired) electrons. The summed E-state index contributed by atoms with van der Waals surface area (Å²) in [6.45, 7) is 4.98. The standard InChI is InChI=1S/C15H22N2O4/c1-2-3-7-21-8-6-17-15(20)12(16)9-11-4-5-13(18)14(19)10-11/h2,4-5,10,12,18-19H,1,3,6-9,16H2,(H,17,20)/t12-/m0/s1. The Hall–Kier alpha value is -2.05. The molecule has 21 heavy (non-hydrogen) atoms. The summed E-state index contributed by atoms with van der Waals surface area (Å²) in [6.07, 6.45) is 2.82. The highest BCUT2D eigenvalue weighted by atomic mass is 16.5. The average molecular weight is 294 g/mol. The Kier molecular flexibility index (Phi) is 7.28. The summed E-state index contributed by atoms with van der Waals surface area (Å²) in [5, 5.41) is 21.3. The van der Waals surface area contributed by atoms with Crippen LogP contribution in [0, 0.1) is 0 Å². The third kappa shape index (κ3) is 6.29. The van der Waals surface area contributed by atoms with Crippen LogP contribution in [-0.2, 0) is 16.0 Å². The van der Waals surface area contributed by atoms with Gasteiger partial charge in [-0.05, 0) is 30.5 Å². The predicted molar refractivity (Wildman–Crippen MR) is 80.1 cm³/mol. The zero-order valence-corrected chi connectivity index (χ0v) is 11.9. The lowest BCUT2D eigenvalue weighted by Crippen LogP contribution is -2.43. The molecule has 0 saturated carbocycles. The Morgan fingerprint density at radius 2 is 2.14 bits per heavy atom. The van der Waals surface area contributed by atoms with Gasteiger partial charge in [0.2, 0.25) is 5.91 Å². The molecule has 0 saturated heterocycles. The van der Waals surface area contributed by atoms with Crippen molar-refractivity contribution in [3.8, 4) is 11.5 Å². The van der Waals surface area contributed by atoms with E-state index in [4.69, 9.17) is 10.5 Å².